The lowest BCUT2D eigenvalue weighted by molar-refractivity contribution is 0.598. The summed E-state index contributed by atoms with van der Waals surface area (Å²) in [5.41, 5.74) is 11.6. The number of H-pyrrole nitrogens is 1. The van der Waals surface area contributed by atoms with Crippen LogP contribution in [-0.2, 0) is 10.0 Å². The number of nitrogen functional groups attached to an aromatic ring is 1. The van der Waals surface area contributed by atoms with Gasteiger partial charge in [-0.3, -0.25) is 0 Å². The summed E-state index contributed by atoms with van der Waals surface area (Å²) in [6.07, 6.45) is 3.89. The number of hydrogen-bond donors (Lipinski definition) is 4. The smallest absolute Gasteiger partial charge is 0.238 e. The Morgan fingerprint density at radius 3 is 2.79 bits per heavy atom. The van der Waals surface area contributed by atoms with E-state index in [9.17, 15) is 8.42 Å². The second-order valence-electron chi connectivity index (χ2n) is 5.79. The van der Waals surface area contributed by atoms with Gasteiger partial charge in [0.1, 0.15) is 0 Å². The molecule has 2 heterocycles. The topological polar surface area (TPSA) is 114 Å². The highest BCUT2D eigenvalue weighted by molar-refractivity contribution is 7.89. The van der Waals surface area contributed by atoms with E-state index in [2.05, 4.69) is 10.3 Å². The highest BCUT2D eigenvalue weighted by atomic mass is 32.2. The molecule has 3 aromatic rings. The number of nitrogens with one attached hydrogen (secondary N) is 2. The Bertz CT molecular complexity index is 1100. The normalized spacial score (nSPS) is 15.6. The molecule has 0 bridgehead atoms. The average Bonchev–Trinajstić information content (AvgIpc) is 3.12. The fourth-order valence-corrected chi connectivity index (χ4v) is 3.59. The van der Waals surface area contributed by atoms with Crippen LogP contribution in [0.15, 0.2) is 47.5 Å². The van der Waals surface area contributed by atoms with Crippen LogP contribution in [0.3, 0.4) is 0 Å². The summed E-state index contributed by atoms with van der Waals surface area (Å²) in [6.45, 7) is 0.672. The summed E-state index contributed by atoms with van der Waals surface area (Å²) >= 11 is 0. The van der Waals surface area contributed by atoms with Crippen LogP contribution in [0.4, 0.5) is 11.4 Å². The summed E-state index contributed by atoms with van der Waals surface area (Å²) in [5.74, 6) is 0. The van der Waals surface area contributed by atoms with Gasteiger partial charge in [-0.2, -0.15) is 0 Å². The minimum absolute atomic E-state index is 0.100. The predicted molar refractivity (Wildman–Crippen MR) is 96.9 cm³/mol. The molecule has 0 saturated carbocycles. The van der Waals surface area contributed by atoms with Gasteiger partial charge >= 0.3 is 0 Å². The maximum atomic E-state index is 11.6. The van der Waals surface area contributed by atoms with E-state index in [1.165, 1.54) is 6.07 Å². The van der Waals surface area contributed by atoms with Crippen LogP contribution in [0.2, 0.25) is 0 Å². The number of nitrogens with two attached hydrogens (primary N) is 2. The van der Waals surface area contributed by atoms with E-state index in [-0.39, 0.29) is 4.90 Å². The molecule has 4 rings (SSSR count). The van der Waals surface area contributed by atoms with Gasteiger partial charge in [0.05, 0.1) is 16.3 Å². The maximum Gasteiger partial charge on any atom is 0.238 e. The Hall–Kier alpha value is -2.77. The van der Waals surface area contributed by atoms with Crippen molar-refractivity contribution < 1.29 is 8.42 Å². The Balaban J connectivity index is 1.86. The van der Waals surface area contributed by atoms with Crippen molar-refractivity contribution in [3.8, 4) is 0 Å². The van der Waals surface area contributed by atoms with Crippen LogP contribution >= 0.6 is 0 Å². The SMILES string of the molecule is Nc1cccc2c1NCC2=Cc1c[nH]c2ccc(S(N)(=O)=O)cc12. The first-order chi connectivity index (χ1) is 11.4. The molecule has 0 amide bonds. The summed E-state index contributed by atoms with van der Waals surface area (Å²) in [7, 11) is -3.73. The fraction of sp³-hybridized carbons (Fsp3) is 0.0588. The zero-order valence-electron chi connectivity index (χ0n) is 12.7. The van der Waals surface area contributed by atoms with Gasteiger partial charge in [0, 0.05) is 34.8 Å². The van der Waals surface area contributed by atoms with E-state index >= 15 is 0 Å². The molecule has 0 fully saturated rings. The van der Waals surface area contributed by atoms with Crippen molar-refractivity contribution in [3.63, 3.8) is 0 Å². The minimum atomic E-state index is -3.73. The number of aromatic amines is 1. The molecule has 2 aromatic carbocycles. The molecule has 0 aliphatic carbocycles. The number of hydrogen-bond acceptors (Lipinski definition) is 4. The van der Waals surface area contributed by atoms with E-state index in [0.29, 0.717) is 12.2 Å². The van der Waals surface area contributed by atoms with Crippen molar-refractivity contribution in [2.45, 2.75) is 4.90 Å². The molecule has 7 heteroatoms. The number of fused-ring (bicyclic) bond motifs is 2. The quantitative estimate of drug-likeness (QED) is 0.536. The number of aromatic nitrogens is 1. The molecule has 0 saturated heterocycles. The maximum absolute atomic E-state index is 11.6. The van der Waals surface area contributed by atoms with E-state index in [0.717, 1.165) is 33.3 Å². The predicted octanol–water partition coefficient (Wildman–Crippen LogP) is 2.36. The third-order valence-electron chi connectivity index (χ3n) is 4.24. The summed E-state index contributed by atoms with van der Waals surface area (Å²) in [4.78, 5) is 3.25. The van der Waals surface area contributed by atoms with Crippen molar-refractivity contribution in [2.24, 2.45) is 5.14 Å². The van der Waals surface area contributed by atoms with Crippen molar-refractivity contribution in [1.29, 1.82) is 0 Å². The van der Waals surface area contributed by atoms with Crippen molar-refractivity contribution in [1.82, 2.24) is 4.98 Å². The lowest BCUT2D eigenvalue weighted by Gasteiger charge is -2.03. The van der Waals surface area contributed by atoms with Gasteiger partial charge in [0.15, 0.2) is 0 Å². The highest BCUT2D eigenvalue weighted by Gasteiger charge is 2.18. The van der Waals surface area contributed by atoms with Gasteiger partial charge in [0.2, 0.25) is 10.0 Å². The zero-order chi connectivity index (χ0) is 16.9. The Morgan fingerprint density at radius 2 is 2.00 bits per heavy atom. The third-order valence-corrected chi connectivity index (χ3v) is 5.15. The van der Waals surface area contributed by atoms with Gasteiger partial charge in [0.25, 0.3) is 0 Å². The van der Waals surface area contributed by atoms with Gasteiger partial charge < -0.3 is 16.0 Å². The lowest BCUT2D eigenvalue weighted by atomic mass is 10.0. The second kappa shape index (κ2) is 5.12. The van der Waals surface area contributed by atoms with Crippen LogP contribution in [0, 0.1) is 0 Å². The first kappa shape index (κ1) is 14.8. The van der Waals surface area contributed by atoms with Crippen LogP contribution in [0.25, 0.3) is 22.6 Å². The van der Waals surface area contributed by atoms with E-state index in [1.54, 1.807) is 12.1 Å². The van der Waals surface area contributed by atoms with Gasteiger partial charge in [-0.25, -0.2) is 13.6 Å². The minimum Gasteiger partial charge on any atom is -0.397 e. The highest BCUT2D eigenvalue weighted by Crippen LogP contribution is 2.36. The Morgan fingerprint density at radius 1 is 1.17 bits per heavy atom. The molecule has 0 radical (unpaired) electrons. The van der Waals surface area contributed by atoms with E-state index in [1.807, 2.05) is 30.5 Å². The number of primary sulfonamides is 1. The van der Waals surface area contributed by atoms with Crippen LogP contribution < -0.4 is 16.2 Å². The van der Waals surface area contributed by atoms with Gasteiger partial charge in [-0.1, -0.05) is 12.1 Å². The average molecular weight is 340 g/mol. The third kappa shape index (κ3) is 2.34. The van der Waals surface area contributed by atoms with Crippen LogP contribution in [-0.4, -0.2) is 19.9 Å². The van der Waals surface area contributed by atoms with Crippen molar-refractivity contribution >= 4 is 44.0 Å². The molecular formula is C17H16N4O2S. The summed E-state index contributed by atoms with van der Waals surface area (Å²) < 4.78 is 23.2. The Labute approximate surface area is 139 Å². The lowest BCUT2D eigenvalue weighted by Crippen LogP contribution is -2.11. The van der Waals surface area contributed by atoms with Crippen LogP contribution in [0.5, 0.6) is 0 Å². The molecule has 6 nitrogen and oxygen atoms in total. The van der Waals surface area contributed by atoms with E-state index in [4.69, 9.17) is 10.9 Å². The molecule has 1 aliphatic rings. The molecule has 122 valence electrons. The molecule has 1 aliphatic heterocycles. The summed E-state index contributed by atoms with van der Waals surface area (Å²) in [6, 6.07) is 10.6. The largest absolute Gasteiger partial charge is 0.397 e. The molecule has 24 heavy (non-hydrogen) atoms. The second-order valence-corrected chi connectivity index (χ2v) is 7.35. The Kier molecular flexibility index (Phi) is 3.16. The first-order valence-electron chi connectivity index (χ1n) is 7.41. The molecule has 0 spiro atoms. The number of sulfonamides is 1. The summed E-state index contributed by atoms with van der Waals surface area (Å²) in [5, 5.41) is 9.34. The number of rotatable bonds is 2. The number of para-hydroxylation sites is 1. The van der Waals surface area contributed by atoms with Crippen LogP contribution in [0.1, 0.15) is 11.1 Å². The van der Waals surface area contributed by atoms with Crippen molar-refractivity contribution in [2.75, 3.05) is 17.6 Å². The van der Waals surface area contributed by atoms with E-state index < -0.39 is 10.0 Å². The molecule has 6 N–H and O–H groups in total. The van der Waals surface area contributed by atoms with Gasteiger partial charge in [-0.15, -0.1) is 0 Å². The number of anilines is 2. The molecular weight excluding hydrogens is 324 g/mol. The number of benzene rings is 2. The fourth-order valence-electron chi connectivity index (χ4n) is 3.05. The molecule has 0 unspecified atom stereocenters. The molecule has 0 atom stereocenters. The molecule has 1 aromatic heterocycles. The first-order valence-corrected chi connectivity index (χ1v) is 8.95. The monoisotopic (exact) mass is 340 g/mol. The standard InChI is InChI=1S/C17H16N4O2S/c18-15-3-1-2-13-10(9-21-17(13)15)6-11-8-20-16-5-4-12(7-14(11)16)24(19,22)23/h1-8,20-21H,9,18H2,(H2,19,22,23). The zero-order valence-corrected chi connectivity index (χ0v) is 13.5. The van der Waals surface area contributed by atoms with Crippen molar-refractivity contribution in [3.05, 3.63) is 53.7 Å². The van der Waals surface area contributed by atoms with Gasteiger partial charge in [-0.05, 0) is 35.9 Å².